The van der Waals surface area contributed by atoms with E-state index in [0.717, 1.165) is 47.4 Å². The van der Waals surface area contributed by atoms with Gasteiger partial charge in [-0.2, -0.15) is 0 Å². The molecule has 4 rings (SSSR count). The molecule has 0 unspecified atom stereocenters. The number of hydrogen-bond donors (Lipinski definition) is 1. The highest BCUT2D eigenvalue weighted by Gasteiger charge is 2.25. The fraction of sp³-hybridized carbons (Fsp3) is 0.438. The topological polar surface area (TPSA) is 67.4 Å². The van der Waals surface area contributed by atoms with Gasteiger partial charge >= 0.3 is 0 Å². The van der Waals surface area contributed by atoms with Crippen molar-refractivity contribution in [2.75, 3.05) is 30.0 Å². The third-order valence-electron chi connectivity index (χ3n) is 4.26. The molecule has 0 radical (unpaired) electrons. The summed E-state index contributed by atoms with van der Waals surface area (Å²) in [7, 11) is 0. The van der Waals surface area contributed by atoms with Crippen LogP contribution in [0.15, 0.2) is 24.3 Å². The van der Waals surface area contributed by atoms with Crippen LogP contribution >= 0.6 is 11.3 Å². The van der Waals surface area contributed by atoms with E-state index in [-0.39, 0.29) is 5.91 Å². The van der Waals surface area contributed by atoms with E-state index in [1.807, 2.05) is 29.2 Å². The number of nitrogens with one attached hydrogen (secondary N) is 1. The number of nitrogens with zero attached hydrogens (tertiary/aromatic N) is 3. The second kappa shape index (κ2) is 6.25. The van der Waals surface area contributed by atoms with Crippen molar-refractivity contribution in [2.45, 2.75) is 25.3 Å². The summed E-state index contributed by atoms with van der Waals surface area (Å²) < 4.78 is 5.41. The van der Waals surface area contributed by atoms with Crippen LogP contribution in [-0.4, -0.2) is 35.9 Å². The van der Waals surface area contributed by atoms with E-state index >= 15 is 0 Å². The van der Waals surface area contributed by atoms with Crippen LogP contribution in [-0.2, 0) is 16.1 Å². The molecule has 3 heterocycles. The fourth-order valence-electron chi connectivity index (χ4n) is 3.00. The first-order chi connectivity index (χ1) is 11.3. The van der Waals surface area contributed by atoms with Crippen LogP contribution in [0.5, 0.6) is 0 Å². The van der Waals surface area contributed by atoms with Crippen molar-refractivity contribution in [3.63, 3.8) is 0 Å². The first-order valence-electron chi connectivity index (χ1n) is 7.83. The van der Waals surface area contributed by atoms with Crippen molar-refractivity contribution in [2.24, 2.45) is 0 Å². The molecular formula is C16H18N4O2S. The SMILES string of the molecule is O=C1CN(c2nnc(C3CCOCC3)s2)Cc2ccccc2N1. The summed E-state index contributed by atoms with van der Waals surface area (Å²) in [5, 5.41) is 13.5. The van der Waals surface area contributed by atoms with E-state index in [0.29, 0.717) is 19.0 Å². The lowest BCUT2D eigenvalue weighted by Crippen LogP contribution is -2.29. The molecule has 2 aliphatic heterocycles. The Morgan fingerprint density at radius 3 is 2.87 bits per heavy atom. The third-order valence-corrected chi connectivity index (χ3v) is 5.40. The van der Waals surface area contributed by atoms with Crippen LogP contribution in [0, 0.1) is 0 Å². The molecule has 0 aliphatic carbocycles. The molecule has 1 amide bonds. The summed E-state index contributed by atoms with van der Waals surface area (Å²) in [4.78, 5) is 14.1. The van der Waals surface area contributed by atoms with Crippen molar-refractivity contribution in [1.82, 2.24) is 10.2 Å². The fourth-order valence-corrected chi connectivity index (χ4v) is 4.01. The van der Waals surface area contributed by atoms with Crippen molar-refractivity contribution in [3.8, 4) is 0 Å². The number of amides is 1. The van der Waals surface area contributed by atoms with E-state index < -0.39 is 0 Å². The minimum atomic E-state index is -0.0160. The Morgan fingerprint density at radius 1 is 1.17 bits per heavy atom. The largest absolute Gasteiger partial charge is 0.381 e. The van der Waals surface area contributed by atoms with Gasteiger partial charge in [-0.1, -0.05) is 29.5 Å². The minimum absolute atomic E-state index is 0.0160. The van der Waals surface area contributed by atoms with Gasteiger partial charge in [0.25, 0.3) is 0 Å². The number of rotatable bonds is 2. The number of anilines is 2. The van der Waals surface area contributed by atoms with Crippen LogP contribution in [0.1, 0.15) is 29.3 Å². The van der Waals surface area contributed by atoms with Gasteiger partial charge < -0.3 is 15.0 Å². The maximum atomic E-state index is 12.1. The number of fused-ring (bicyclic) bond motifs is 1. The van der Waals surface area contributed by atoms with Gasteiger partial charge in [0.2, 0.25) is 11.0 Å². The maximum Gasteiger partial charge on any atom is 0.244 e. The van der Waals surface area contributed by atoms with Gasteiger partial charge in [0, 0.05) is 31.4 Å². The zero-order valence-corrected chi connectivity index (χ0v) is 13.5. The van der Waals surface area contributed by atoms with E-state index in [2.05, 4.69) is 15.5 Å². The summed E-state index contributed by atoms with van der Waals surface area (Å²) >= 11 is 1.60. The number of carbonyl (C=O) groups excluding carboxylic acids is 1. The molecule has 2 aliphatic rings. The highest BCUT2D eigenvalue weighted by atomic mass is 32.1. The quantitative estimate of drug-likeness (QED) is 0.916. The monoisotopic (exact) mass is 330 g/mol. The number of hydrogen-bond acceptors (Lipinski definition) is 6. The number of para-hydroxylation sites is 1. The van der Waals surface area contributed by atoms with Crippen molar-refractivity contribution in [3.05, 3.63) is 34.8 Å². The van der Waals surface area contributed by atoms with E-state index in [4.69, 9.17) is 4.74 Å². The van der Waals surface area contributed by atoms with Gasteiger partial charge in [-0.05, 0) is 24.5 Å². The molecule has 1 fully saturated rings. The average Bonchev–Trinajstić information content (AvgIpc) is 3.00. The summed E-state index contributed by atoms with van der Waals surface area (Å²) in [6, 6.07) is 7.89. The van der Waals surface area contributed by atoms with Crippen LogP contribution < -0.4 is 10.2 Å². The lowest BCUT2D eigenvalue weighted by molar-refractivity contribution is -0.114. The molecule has 120 valence electrons. The smallest absolute Gasteiger partial charge is 0.244 e. The molecule has 1 aromatic carbocycles. The Morgan fingerprint density at radius 2 is 2.00 bits per heavy atom. The molecule has 23 heavy (non-hydrogen) atoms. The molecular weight excluding hydrogens is 312 g/mol. The Bertz CT molecular complexity index is 712. The number of benzene rings is 1. The summed E-state index contributed by atoms with van der Waals surface area (Å²) in [6.07, 6.45) is 2.00. The Kier molecular flexibility index (Phi) is 3.97. The van der Waals surface area contributed by atoms with Crippen LogP contribution in [0.3, 0.4) is 0 Å². The van der Waals surface area contributed by atoms with Crippen molar-refractivity contribution >= 4 is 28.1 Å². The van der Waals surface area contributed by atoms with E-state index in [9.17, 15) is 4.79 Å². The molecule has 6 nitrogen and oxygen atoms in total. The van der Waals surface area contributed by atoms with Gasteiger partial charge in [0.1, 0.15) is 5.01 Å². The van der Waals surface area contributed by atoms with E-state index in [1.165, 1.54) is 0 Å². The lowest BCUT2D eigenvalue weighted by Gasteiger charge is -2.19. The molecule has 7 heteroatoms. The molecule has 1 N–H and O–H groups in total. The zero-order chi connectivity index (χ0) is 15.6. The molecule has 2 aromatic rings. The van der Waals surface area contributed by atoms with Crippen molar-refractivity contribution < 1.29 is 9.53 Å². The van der Waals surface area contributed by atoms with E-state index in [1.54, 1.807) is 11.3 Å². The first-order valence-corrected chi connectivity index (χ1v) is 8.65. The molecule has 0 spiro atoms. The highest BCUT2D eigenvalue weighted by molar-refractivity contribution is 7.15. The lowest BCUT2D eigenvalue weighted by atomic mass is 10.0. The van der Waals surface area contributed by atoms with Crippen LogP contribution in [0.25, 0.3) is 0 Å². The normalized spacial score (nSPS) is 19.1. The van der Waals surface area contributed by atoms with Gasteiger partial charge in [-0.3, -0.25) is 4.79 Å². The molecule has 1 saturated heterocycles. The predicted molar refractivity (Wildman–Crippen MR) is 88.8 cm³/mol. The van der Waals surface area contributed by atoms with Crippen LogP contribution in [0.4, 0.5) is 10.8 Å². The predicted octanol–water partition coefficient (Wildman–Crippen LogP) is 2.39. The first kappa shape index (κ1) is 14.6. The van der Waals surface area contributed by atoms with Gasteiger partial charge in [-0.15, -0.1) is 10.2 Å². The average molecular weight is 330 g/mol. The van der Waals surface area contributed by atoms with Gasteiger partial charge in [0.15, 0.2) is 0 Å². The zero-order valence-electron chi connectivity index (χ0n) is 12.7. The standard InChI is InChI=1S/C16H18N4O2S/c21-14-10-20(9-12-3-1-2-4-13(12)17-14)16-19-18-15(23-16)11-5-7-22-8-6-11/h1-4,11H,5-10H2,(H,17,21). The Labute approximate surface area is 138 Å². The maximum absolute atomic E-state index is 12.1. The number of carbonyl (C=O) groups is 1. The van der Waals surface area contributed by atoms with Gasteiger partial charge in [-0.25, -0.2) is 0 Å². The number of aromatic nitrogens is 2. The summed E-state index contributed by atoms with van der Waals surface area (Å²) in [5.74, 6) is 0.417. The van der Waals surface area contributed by atoms with Crippen molar-refractivity contribution in [1.29, 1.82) is 0 Å². The van der Waals surface area contributed by atoms with Gasteiger partial charge in [0.05, 0.1) is 6.54 Å². The minimum Gasteiger partial charge on any atom is -0.381 e. The molecule has 0 atom stereocenters. The molecule has 0 bridgehead atoms. The Hall–Kier alpha value is -1.99. The third kappa shape index (κ3) is 3.07. The highest BCUT2D eigenvalue weighted by Crippen LogP contribution is 2.33. The Balaban J connectivity index is 1.58. The second-order valence-electron chi connectivity index (χ2n) is 5.87. The van der Waals surface area contributed by atoms with Crippen LogP contribution in [0.2, 0.25) is 0 Å². The summed E-state index contributed by atoms with van der Waals surface area (Å²) in [5.41, 5.74) is 1.98. The number of ether oxygens (including phenoxy) is 1. The molecule has 0 saturated carbocycles. The molecule has 1 aromatic heterocycles. The second-order valence-corrected chi connectivity index (χ2v) is 6.86. The summed E-state index contributed by atoms with van der Waals surface area (Å²) in [6.45, 7) is 2.55.